The Bertz CT molecular complexity index is 925. The van der Waals surface area contributed by atoms with E-state index in [-0.39, 0.29) is 24.3 Å². The minimum atomic E-state index is -0.293. The van der Waals surface area contributed by atoms with E-state index in [2.05, 4.69) is 25.6 Å². The lowest BCUT2D eigenvalue weighted by molar-refractivity contribution is -0.130. The third kappa shape index (κ3) is 3.99. The van der Waals surface area contributed by atoms with E-state index >= 15 is 0 Å². The molecule has 1 fully saturated rings. The molecular formula is C19H21FN6O. The SMILES string of the molecule is O=C(CNc1ccc(F)cc1)N1CCCC(Nc2ncnc3[nH]ccc23)C1. The first-order valence-corrected chi connectivity index (χ1v) is 9.01. The van der Waals surface area contributed by atoms with Crippen LogP contribution in [0, 0.1) is 5.82 Å². The summed E-state index contributed by atoms with van der Waals surface area (Å²) < 4.78 is 13.0. The molecule has 27 heavy (non-hydrogen) atoms. The first-order valence-electron chi connectivity index (χ1n) is 9.01. The highest BCUT2D eigenvalue weighted by atomic mass is 19.1. The summed E-state index contributed by atoms with van der Waals surface area (Å²) in [6.45, 7) is 1.55. The number of hydrogen-bond acceptors (Lipinski definition) is 5. The van der Waals surface area contributed by atoms with E-state index in [9.17, 15) is 9.18 Å². The molecule has 3 N–H and O–H groups in total. The summed E-state index contributed by atoms with van der Waals surface area (Å²) in [4.78, 5) is 26.0. The van der Waals surface area contributed by atoms with Crippen molar-refractivity contribution >= 4 is 28.4 Å². The molecule has 1 aromatic carbocycles. The predicted molar refractivity (Wildman–Crippen MR) is 102 cm³/mol. The largest absolute Gasteiger partial charge is 0.376 e. The number of anilines is 2. The van der Waals surface area contributed by atoms with Crippen molar-refractivity contribution in [3.63, 3.8) is 0 Å². The second-order valence-electron chi connectivity index (χ2n) is 6.65. The normalized spacial score (nSPS) is 17.1. The van der Waals surface area contributed by atoms with Crippen LogP contribution in [0.1, 0.15) is 12.8 Å². The van der Waals surface area contributed by atoms with Crippen molar-refractivity contribution < 1.29 is 9.18 Å². The zero-order chi connectivity index (χ0) is 18.6. The van der Waals surface area contributed by atoms with Gasteiger partial charge in [0.2, 0.25) is 5.91 Å². The van der Waals surface area contributed by atoms with Gasteiger partial charge in [0.15, 0.2) is 0 Å². The van der Waals surface area contributed by atoms with Crippen LogP contribution in [-0.2, 0) is 4.79 Å². The van der Waals surface area contributed by atoms with E-state index in [1.807, 2.05) is 17.2 Å². The van der Waals surface area contributed by atoms with Crippen molar-refractivity contribution in [1.29, 1.82) is 0 Å². The highest BCUT2D eigenvalue weighted by Gasteiger charge is 2.24. The van der Waals surface area contributed by atoms with E-state index in [4.69, 9.17) is 0 Å². The van der Waals surface area contributed by atoms with E-state index in [1.165, 1.54) is 18.5 Å². The number of nitrogens with one attached hydrogen (secondary N) is 3. The molecule has 7 nitrogen and oxygen atoms in total. The van der Waals surface area contributed by atoms with Gasteiger partial charge in [0, 0.05) is 31.0 Å². The van der Waals surface area contributed by atoms with Gasteiger partial charge in [-0.05, 0) is 43.2 Å². The van der Waals surface area contributed by atoms with Gasteiger partial charge in [0.05, 0.1) is 11.9 Å². The highest BCUT2D eigenvalue weighted by Crippen LogP contribution is 2.21. The molecule has 8 heteroatoms. The van der Waals surface area contributed by atoms with Gasteiger partial charge in [-0.3, -0.25) is 4.79 Å². The van der Waals surface area contributed by atoms with Crippen LogP contribution in [0.15, 0.2) is 42.9 Å². The van der Waals surface area contributed by atoms with Crippen LogP contribution in [0.25, 0.3) is 11.0 Å². The minimum Gasteiger partial charge on any atom is -0.376 e. The molecular weight excluding hydrogens is 347 g/mol. The Morgan fingerprint density at radius 3 is 2.96 bits per heavy atom. The fourth-order valence-corrected chi connectivity index (χ4v) is 3.36. The molecule has 0 saturated carbocycles. The fraction of sp³-hybridized carbons (Fsp3) is 0.316. The Balaban J connectivity index is 1.35. The number of aromatic nitrogens is 3. The molecule has 1 aliphatic heterocycles. The Morgan fingerprint density at radius 1 is 1.26 bits per heavy atom. The van der Waals surface area contributed by atoms with Crippen molar-refractivity contribution in [2.75, 3.05) is 30.3 Å². The van der Waals surface area contributed by atoms with Gasteiger partial charge in [0.25, 0.3) is 0 Å². The molecule has 4 rings (SSSR count). The second kappa shape index (κ2) is 7.61. The standard InChI is InChI=1S/C19H21FN6O/c20-13-3-5-14(6-4-13)22-10-17(27)26-9-1-2-15(11-26)25-19-16-7-8-21-18(16)23-12-24-19/h3-8,12,15,22H,1-2,9-11H2,(H2,21,23,24,25). The average molecular weight is 368 g/mol. The lowest BCUT2D eigenvalue weighted by Crippen LogP contribution is -2.47. The van der Waals surface area contributed by atoms with Gasteiger partial charge in [0.1, 0.15) is 23.6 Å². The number of fused-ring (bicyclic) bond motifs is 1. The summed E-state index contributed by atoms with van der Waals surface area (Å²) >= 11 is 0. The molecule has 3 heterocycles. The van der Waals surface area contributed by atoms with Crippen LogP contribution in [0.3, 0.4) is 0 Å². The minimum absolute atomic E-state index is 0.0281. The Kier molecular flexibility index (Phi) is 4.86. The molecule has 140 valence electrons. The number of piperidine rings is 1. The summed E-state index contributed by atoms with van der Waals surface area (Å²) in [5.74, 6) is 0.517. The molecule has 0 bridgehead atoms. The summed E-state index contributed by atoms with van der Waals surface area (Å²) in [6, 6.07) is 8.08. The molecule has 2 aromatic heterocycles. The van der Waals surface area contributed by atoms with Gasteiger partial charge in [-0.2, -0.15) is 0 Å². The summed E-state index contributed by atoms with van der Waals surface area (Å²) in [6.07, 6.45) is 5.27. The van der Waals surface area contributed by atoms with Gasteiger partial charge < -0.3 is 20.5 Å². The predicted octanol–water partition coefficient (Wildman–Crippen LogP) is 2.61. The Morgan fingerprint density at radius 2 is 2.11 bits per heavy atom. The fourth-order valence-electron chi connectivity index (χ4n) is 3.36. The van der Waals surface area contributed by atoms with Crippen molar-refractivity contribution in [3.8, 4) is 0 Å². The second-order valence-corrected chi connectivity index (χ2v) is 6.65. The Labute approximate surface area is 156 Å². The number of H-pyrrole nitrogens is 1. The highest BCUT2D eigenvalue weighted by molar-refractivity contribution is 5.87. The summed E-state index contributed by atoms with van der Waals surface area (Å²) in [7, 11) is 0. The molecule has 1 saturated heterocycles. The number of nitrogens with zero attached hydrogens (tertiary/aromatic N) is 3. The monoisotopic (exact) mass is 368 g/mol. The third-order valence-corrected chi connectivity index (χ3v) is 4.76. The number of amides is 1. The number of likely N-dealkylation sites (tertiary alicyclic amines) is 1. The number of carbonyl (C=O) groups is 1. The maximum Gasteiger partial charge on any atom is 0.241 e. The van der Waals surface area contributed by atoms with Gasteiger partial charge >= 0.3 is 0 Å². The van der Waals surface area contributed by atoms with Crippen molar-refractivity contribution in [2.24, 2.45) is 0 Å². The third-order valence-electron chi connectivity index (χ3n) is 4.76. The number of hydrogen-bond donors (Lipinski definition) is 3. The average Bonchev–Trinajstić information content (AvgIpc) is 3.17. The van der Waals surface area contributed by atoms with Crippen molar-refractivity contribution in [3.05, 3.63) is 48.7 Å². The maximum atomic E-state index is 13.0. The first-order chi connectivity index (χ1) is 13.2. The number of carbonyl (C=O) groups excluding carboxylic acids is 1. The van der Waals surface area contributed by atoms with Crippen LogP contribution >= 0.6 is 0 Å². The van der Waals surface area contributed by atoms with Crippen molar-refractivity contribution in [2.45, 2.75) is 18.9 Å². The van der Waals surface area contributed by atoms with Crippen LogP contribution in [0.5, 0.6) is 0 Å². The lowest BCUT2D eigenvalue weighted by Gasteiger charge is -2.33. The Hall–Kier alpha value is -3.16. The molecule has 1 aliphatic rings. The molecule has 0 radical (unpaired) electrons. The van der Waals surface area contributed by atoms with Crippen molar-refractivity contribution in [1.82, 2.24) is 19.9 Å². The number of aromatic amines is 1. The molecule has 1 amide bonds. The molecule has 0 spiro atoms. The van der Waals surface area contributed by atoms with Crippen LogP contribution < -0.4 is 10.6 Å². The lowest BCUT2D eigenvalue weighted by atomic mass is 10.1. The number of halogens is 1. The molecule has 1 atom stereocenters. The smallest absolute Gasteiger partial charge is 0.241 e. The molecule has 3 aromatic rings. The zero-order valence-electron chi connectivity index (χ0n) is 14.8. The maximum absolute atomic E-state index is 13.0. The van der Waals surface area contributed by atoms with Crippen LogP contribution in [-0.4, -0.2) is 51.4 Å². The molecule has 1 unspecified atom stereocenters. The number of rotatable bonds is 5. The summed E-state index contributed by atoms with van der Waals surface area (Å²) in [5, 5.41) is 7.44. The first kappa shape index (κ1) is 17.3. The van der Waals surface area contributed by atoms with E-state index in [1.54, 1.807) is 12.1 Å². The molecule has 0 aliphatic carbocycles. The van der Waals surface area contributed by atoms with E-state index < -0.39 is 0 Å². The van der Waals surface area contributed by atoms with Gasteiger partial charge in [-0.25, -0.2) is 14.4 Å². The zero-order valence-corrected chi connectivity index (χ0v) is 14.8. The quantitative estimate of drug-likeness (QED) is 0.645. The number of benzene rings is 1. The topological polar surface area (TPSA) is 85.9 Å². The van der Waals surface area contributed by atoms with Gasteiger partial charge in [-0.15, -0.1) is 0 Å². The van der Waals surface area contributed by atoms with E-state index in [0.717, 1.165) is 41.9 Å². The summed E-state index contributed by atoms with van der Waals surface area (Å²) in [5.41, 5.74) is 1.52. The van der Waals surface area contributed by atoms with Crippen LogP contribution in [0.2, 0.25) is 0 Å². The van der Waals surface area contributed by atoms with Crippen LogP contribution in [0.4, 0.5) is 15.9 Å². The van der Waals surface area contributed by atoms with E-state index in [0.29, 0.717) is 6.54 Å². The van der Waals surface area contributed by atoms with Gasteiger partial charge in [-0.1, -0.05) is 0 Å².